The second-order valence-corrected chi connectivity index (χ2v) is 10.8. The number of rotatable bonds is 9. The number of aryl methyl sites for hydroxylation is 1. The minimum Gasteiger partial charge on any atom is -0.617 e. The first-order chi connectivity index (χ1) is 19.5. The zero-order chi connectivity index (χ0) is 27.5. The van der Waals surface area contributed by atoms with Crippen LogP contribution in [0.15, 0.2) is 85.7 Å². The highest BCUT2D eigenvalue weighted by molar-refractivity contribution is 7.90. The van der Waals surface area contributed by atoms with Gasteiger partial charge in [-0.25, -0.2) is 15.0 Å². The van der Waals surface area contributed by atoms with Crippen molar-refractivity contribution in [2.45, 2.75) is 6.92 Å². The molecule has 6 rings (SSSR count). The van der Waals surface area contributed by atoms with E-state index in [9.17, 15) is 4.55 Å². The number of benzene rings is 3. The molecule has 0 aliphatic heterocycles. The highest BCUT2D eigenvalue weighted by atomic mass is 32.2. The molecule has 40 heavy (non-hydrogen) atoms. The molecule has 10 nitrogen and oxygen atoms in total. The van der Waals surface area contributed by atoms with Crippen molar-refractivity contribution in [2.24, 2.45) is 0 Å². The van der Waals surface area contributed by atoms with E-state index in [1.165, 1.54) is 0 Å². The Morgan fingerprint density at radius 1 is 0.925 bits per heavy atom. The van der Waals surface area contributed by atoms with Gasteiger partial charge in [0.25, 0.3) is 0 Å². The van der Waals surface area contributed by atoms with Gasteiger partial charge in [-0.3, -0.25) is 4.40 Å². The molecule has 0 saturated heterocycles. The summed E-state index contributed by atoms with van der Waals surface area (Å²) in [6.07, 6.45) is 6.48. The topological polar surface area (TPSA) is 125 Å². The van der Waals surface area contributed by atoms with E-state index >= 15 is 0 Å². The molecule has 0 amide bonds. The van der Waals surface area contributed by atoms with Gasteiger partial charge < -0.3 is 19.9 Å². The SMILES string of the molecule is Cc1cc(Nc2ncnc3ccc(-c4cccc(NCC[S+](C)[O-])c4)cc23)ccc1Oc1cc2nncn2cn1. The molecule has 3 heterocycles. The van der Waals surface area contributed by atoms with Gasteiger partial charge in [0.15, 0.2) is 5.65 Å². The van der Waals surface area contributed by atoms with Gasteiger partial charge >= 0.3 is 0 Å². The molecule has 0 saturated carbocycles. The van der Waals surface area contributed by atoms with Crippen LogP contribution in [0.25, 0.3) is 27.7 Å². The molecule has 1 unspecified atom stereocenters. The average Bonchev–Trinajstić information content (AvgIpc) is 3.43. The summed E-state index contributed by atoms with van der Waals surface area (Å²) < 4.78 is 19.1. The lowest BCUT2D eigenvalue weighted by Gasteiger charge is -2.13. The van der Waals surface area contributed by atoms with Crippen molar-refractivity contribution in [1.29, 1.82) is 0 Å². The van der Waals surface area contributed by atoms with E-state index in [1.54, 1.807) is 35.7 Å². The Morgan fingerprint density at radius 3 is 2.70 bits per heavy atom. The molecule has 11 heteroatoms. The summed E-state index contributed by atoms with van der Waals surface area (Å²) in [5.41, 5.74) is 6.40. The normalized spacial score (nSPS) is 12.0. The van der Waals surface area contributed by atoms with Crippen LogP contribution >= 0.6 is 0 Å². The third kappa shape index (κ3) is 5.65. The van der Waals surface area contributed by atoms with Crippen molar-refractivity contribution in [3.05, 3.63) is 91.3 Å². The van der Waals surface area contributed by atoms with Gasteiger partial charge in [0, 0.05) is 22.8 Å². The summed E-state index contributed by atoms with van der Waals surface area (Å²) in [5, 5.41) is 15.6. The standard InChI is InChI=1S/C29H26N8O2S/c1-19-12-23(7-9-26(19)39-28-15-27-36-34-18-37(27)17-33-28)35-29-24-14-21(6-8-25(24)31-16-32-29)20-4-3-5-22(13-20)30-10-11-40(2)38/h3-9,12-18,30H,10-11H2,1-2H3,(H,31,32,35). The highest BCUT2D eigenvalue weighted by Gasteiger charge is 2.10. The Bertz CT molecular complexity index is 1810. The Balaban J connectivity index is 1.23. The van der Waals surface area contributed by atoms with Crippen LogP contribution in [0.5, 0.6) is 11.6 Å². The number of fused-ring (bicyclic) bond motifs is 2. The van der Waals surface area contributed by atoms with Crippen molar-refractivity contribution in [2.75, 3.05) is 29.2 Å². The Hall–Kier alpha value is -4.74. The highest BCUT2D eigenvalue weighted by Crippen LogP contribution is 2.32. The molecule has 3 aromatic heterocycles. The van der Waals surface area contributed by atoms with Crippen molar-refractivity contribution in [3.63, 3.8) is 0 Å². The van der Waals surface area contributed by atoms with Gasteiger partial charge in [-0.05, 0) is 66.1 Å². The molecular formula is C29H26N8O2S. The van der Waals surface area contributed by atoms with Crippen LogP contribution in [-0.4, -0.2) is 52.7 Å². The molecule has 0 aliphatic carbocycles. The third-order valence-corrected chi connectivity index (χ3v) is 7.14. The molecule has 6 aromatic rings. The van der Waals surface area contributed by atoms with E-state index in [2.05, 4.69) is 60.0 Å². The zero-order valence-corrected chi connectivity index (χ0v) is 22.7. The Kier molecular flexibility index (Phi) is 7.13. The van der Waals surface area contributed by atoms with Crippen LogP contribution in [0.1, 0.15) is 5.56 Å². The Morgan fingerprint density at radius 2 is 1.82 bits per heavy atom. The third-order valence-electron chi connectivity index (χ3n) is 6.36. The first kappa shape index (κ1) is 25.5. The van der Waals surface area contributed by atoms with Crippen LogP contribution in [0.2, 0.25) is 0 Å². The minimum atomic E-state index is -0.830. The van der Waals surface area contributed by atoms with Crippen molar-refractivity contribution >= 4 is 44.9 Å². The van der Waals surface area contributed by atoms with E-state index in [1.807, 2.05) is 43.3 Å². The van der Waals surface area contributed by atoms with Crippen LogP contribution in [0.4, 0.5) is 17.2 Å². The molecule has 0 spiro atoms. The van der Waals surface area contributed by atoms with E-state index < -0.39 is 11.2 Å². The first-order valence-corrected chi connectivity index (χ1v) is 14.3. The fourth-order valence-electron chi connectivity index (χ4n) is 4.34. The number of anilines is 3. The van der Waals surface area contributed by atoms with E-state index in [0.29, 0.717) is 35.4 Å². The molecule has 0 bridgehead atoms. The molecule has 3 aromatic carbocycles. The van der Waals surface area contributed by atoms with Gasteiger partial charge in [0.2, 0.25) is 5.88 Å². The number of hydrogen-bond donors (Lipinski definition) is 2. The van der Waals surface area contributed by atoms with Gasteiger partial charge in [-0.1, -0.05) is 29.4 Å². The van der Waals surface area contributed by atoms with Crippen LogP contribution in [-0.2, 0) is 11.2 Å². The van der Waals surface area contributed by atoms with E-state index in [0.717, 1.165) is 39.0 Å². The number of nitrogens with zero attached hydrogens (tertiary/aromatic N) is 6. The van der Waals surface area contributed by atoms with E-state index in [4.69, 9.17) is 4.74 Å². The predicted octanol–water partition coefficient (Wildman–Crippen LogP) is 5.37. The molecule has 0 fully saturated rings. The second-order valence-electron chi connectivity index (χ2n) is 9.27. The number of ether oxygens (including phenoxy) is 1. The lowest BCUT2D eigenvalue weighted by Crippen LogP contribution is -2.14. The first-order valence-electron chi connectivity index (χ1n) is 12.6. The maximum Gasteiger partial charge on any atom is 0.224 e. The van der Waals surface area contributed by atoms with Gasteiger partial charge in [0.1, 0.15) is 36.3 Å². The van der Waals surface area contributed by atoms with Gasteiger partial charge in [-0.15, -0.1) is 10.2 Å². The van der Waals surface area contributed by atoms with Gasteiger partial charge in [0.05, 0.1) is 18.3 Å². The summed E-state index contributed by atoms with van der Waals surface area (Å²) in [4.78, 5) is 13.3. The smallest absolute Gasteiger partial charge is 0.224 e. The average molecular weight is 551 g/mol. The molecule has 2 N–H and O–H groups in total. The van der Waals surface area contributed by atoms with Crippen molar-refractivity contribution in [1.82, 2.24) is 29.5 Å². The summed E-state index contributed by atoms with van der Waals surface area (Å²) in [7, 11) is 0. The predicted molar refractivity (Wildman–Crippen MR) is 158 cm³/mol. The van der Waals surface area contributed by atoms with Gasteiger partial charge in [-0.2, -0.15) is 0 Å². The largest absolute Gasteiger partial charge is 0.617 e. The minimum absolute atomic E-state index is 0.443. The summed E-state index contributed by atoms with van der Waals surface area (Å²) >= 11 is -0.830. The Labute approximate surface area is 233 Å². The summed E-state index contributed by atoms with van der Waals surface area (Å²) in [6.45, 7) is 2.63. The molecule has 1 atom stereocenters. The fraction of sp³-hybridized carbons (Fsp3) is 0.138. The number of aromatic nitrogens is 6. The molecular weight excluding hydrogens is 524 g/mol. The lowest BCUT2D eigenvalue weighted by molar-refractivity contribution is 0.458. The number of hydrogen-bond acceptors (Lipinski definition) is 9. The maximum atomic E-state index is 11.4. The molecule has 200 valence electrons. The monoisotopic (exact) mass is 550 g/mol. The van der Waals surface area contributed by atoms with Crippen molar-refractivity contribution in [3.8, 4) is 22.8 Å². The summed E-state index contributed by atoms with van der Waals surface area (Å²) in [6, 6.07) is 21.9. The zero-order valence-electron chi connectivity index (χ0n) is 21.9. The van der Waals surface area contributed by atoms with Crippen LogP contribution in [0, 0.1) is 6.92 Å². The van der Waals surface area contributed by atoms with Crippen LogP contribution < -0.4 is 15.4 Å². The second kappa shape index (κ2) is 11.2. The maximum absolute atomic E-state index is 11.4. The quantitative estimate of drug-likeness (QED) is 0.229. The molecule has 0 radical (unpaired) electrons. The fourth-order valence-corrected chi connectivity index (χ4v) is 4.73. The van der Waals surface area contributed by atoms with E-state index in [-0.39, 0.29) is 0 Å². The summed E-state index contributed by atoms with van der Waals surface area (Å²) in [5.74, 6) is 2.45. The number of nitrogens with one attached hydrogen (secondary N) is 2. The lowest BCUT2D eigenvalue weighted by atomic mass is 10.0. The molecule has 0 aliphatic rings. The van der Waals surface area contributed by atoms with Crippen LogP contribution in [0.3, 0.4) is 0 Å². The van der Waals surface area contributed by atoms with Crippen molar-refractivity contribution < 1.29 is 9.29 Å².